The second-order valence-corrected chi connectivity index (χ2v) is 6.17. The number of hydrogen-bond donors (Lipinski definition) is 3. The number of aromatic hydroxyl groups is 1. The van der Waals surface area contributed by atoms with Crippen LogP contribution in [0.15, 0.2) is 48.5 Å². The molecule has 23 heavy (non-hydrogen) atoms. The van der Waals surface area contributed by atoms with Crippen molar-refractivity contribution in [3.8, 4) is 5.75 Å². The van der Waals surface area contributed by atoms with E-state index < -0.39 is 6.10 Å². The average Bonchev–Trinajstić information content (AvgIpc) is 2.83. The summed E-state index contributed by atoms with van der Waals surface area (Å²) in [4.78, 5) is 12.2. The van der Waals surface area contributed by atoms with Gasteiger partial charge in [0.05, 0.1) is 6.10 Å². The predicted molar refractivity (Wildman–Crippen MR) is 88.1 cm³/mol. The molecule has 2 aromatic carbocycles. The van der Waals surface area contributed by atoms with Crippen molar-refractivity contribution in [1.82, 2.24) is 0 Å². The Bertz CT molecular complexity index is 825. The monoisotopic (exact) mass is 307 g/mol. The van der Waals surface area contributed by atoms with E-state index >= 15 is 0 Å². The van der Waals surface area contributed by atoms with Crippen molar-refractivity contribution >= 4 is 17.2 Å². The second kappa shape index (κ2) is 5.25. The van der Waals surface area contributed by atoms with Gasteiger partial charge >= 0.3 is 0 Å². The summed E-state index contributed by atoms with van der Waals surface area (Å²) in [7, 11) is 0. The molecule has 4 rings (SSSR count). The van der Waals surface area contributed by atoms with Gasteiger partial charge in [-0.15, -0.1) is 0 Å². The van der Waals surface area contributed by atoms with Crippen LogP contribution in [0, 0.1) is 5.92 Å². The molecular weight excluding hydrogens is 290 g/mol. The molecule has 2 atom stereocenters. The summed E-state index contributed by atoms with van der Waals surface area (Å²) in [5.74, 6) is -0.170. The molecular formula is C19H17NO3. The van der Waals surface area contributed by atoms with Gasteiger partial charge in [0.15, 0.2) is 0 Å². The van der Waals surface area contributed by atoms with Crippen LogP contribution in [0.5, 0.6) is 5.75 Å². The van der Waals surface area contributed by atoms with Gasteiger partial charge in [0.1, 0.15) is 5.75 Å². The first-order valence-electron chi connectivity index (χ1n) is 7.73. The van der Waals surface area contributed by atoms with Gasteiger partial charge in [0.2, 0.25) is 0 Å². The lowest BCUT2D eigenvalue weighted by Crippen LogP contribution is -2.29. The van der Waals surface area contributed by atoms with Gasteiger partial charge in [-0.05, 0) is 42.2 Å². The first kappa shape index (κ1) is 14.0. The fourth-order valence-corrected chi connectivity index (χ4v) is 3.45. The number of hydrogen-bond acceptors (Lipinski definition) is 3. The van der Waals surface area contributed by atoms with E-state index in [1.165, 1.54) is 11.1 Å². The summed E-state index contributed by atoms with van der Waals surface area (Å²) >= 11 is 0. The van der Waals surface area contributed by atoms with E-state index in [-0.39, 0.29) is 17.6 Å². The number of nitrogens with one attached hydrogen (secondary N) is 1. The molecule has 0 fully saturated rings. The number of phenols is 1. The Hall–Kier alpha value is -2.59. The molecule has 1 aliphatic carbocycles. The number of aliphatic hydroxyl groups is 1. The van der Waals surface area contributed by atoms with E-state index in [1.807, 2.05) is 24.3 Å². The van der Waals surface area contributed by atoms with Crippen LogP contribution in [0.25, 0.3) is 5.57 Å². The Kier molecular flexibility index (Phi) is 3.20. The molecule has 1 heterocycles. The fourth-order valence-electron chi connectivity index (χ4n) is 3.45. The predicted octanol–water partition coefficient (Wildman–Crippen LogP) is 2.50. The molecule has 0 saturated heterocycles. The van der Waals surface area contributed by atoms with Gasteiger partial charge in [-0.3, -0.25) is 4.79 Å². The van der Waals surface area contributed by atoms with Crippen LogP contribution in [-0.4, -0.2) is 22.2 Å². The van der Waals surface area contributed by atoms with Crippen molar-refractivity contribution in [3.63, 3.8) is 0 Å². The van der Waals surface area contributed by atoms with Gasteiger partial charge in [0, 0.05) is 22.7 Å². The quantitative estimate of drug-likeness (QED) is 0.560. The normalized spacial score (nSPS) is 24.2. The summed E-state index contributed by atoms with van der Waals surface area (Å²) in [6.45, 7) is 0. The number of carbonyl (C=O) groups excluding carboxylic acids is 1. The first-order valence-corrected chi connectivity index (χ1v) is 7.73. The van der Waals surface area contributed by atoms with Crippen molar-refractivity contribution in [2.45, 2.75) is 18.9 Å². The summed E-state index contributed by atoms with van der Waals surface area (Å²) in [6.07, 6.45) is 2.65. The van der Waals surface area contributed by atoms with Crippen molar-refractivity contribution in [3.05, 3.63) is 65.2 Å². The third-order valence-electron chi connectivity index (χ3n) is 4.66. The van der Waals surface area contributed by atoms with E-state index in [1.54, 1.807) is 18.2 Å². The lowest BCUT2D eigenvalue weighted by atomic mass is 9.80. The number of aliphatic hydroxyl groups excluding tert-OH is 1. The van der Waals surface area contributed by atoms with Crippen LogP contribution in [0.4, 0.5) is 5.69 Å². The van der Waals surface area contributed by atoms with E-state index in [2.05, 4.69) is 11.4 Å². The van der Waals surface area contributed by atoms with Crippen LogP contribution >= 0.6 is 0 Å². The molecule has 0 radical (unpaired) electrons. The molecule has 4 nitrogen and oxygen atoms in total. The number of carbonyl (C=O) groups is 1. The van der Waals surface area contributed by atoms with Crippen molar-refractivity contribution in [2.24, 2.45) is 5.92 Å². The Morgan fingerprint density at radius 3 is 2.61 bits per heavy atom. The van der Waals surface area contributed by atoms with Gasteiger partial charge in [-0.1, -0.05) is 30.3 Å². The number of fused-ring (bicyclic) bond motifs is 2. The molecule has 1 aliphatic heterocycles. The molecule has 4 heteroatoms. The third kappa shape index (κ3) is 2.41. The van der Waals surface area contributed by atoms with Crippen LogP contribution < -0.4 is 5.32 Å². The maximum absolute atomic E-state index is 12.2. The number of benzene rings is 2. The zero-order valence-corrected chi connectivity index (χ0v) is 12.5. The molecule has 2 unspecified atom stereocenters. The topological polar surface area (TPSA) is 69.6 Å². The zero-order valence-electron chi connectivity index (χ0n) is 12.5. The largest absolute Gasteiger partial charge is 0.508 e. The summed E-state index contributed by atoms with van der Waals surface area (Å²) in [5, 5.41) is 22.9. The number of rotatable bonds is 1. The number of anilines is 1. The average molecular weight is 307 g/mol. The molecule has 0 spiro atoms. The zero-order chi connectivity index (χ0) is 16.0. The second-order valence-electron chi connectivity index (χ2n) is 6.17. The van der Waals surface area contributed by atoms with Crippen molar-refractivity contribution in [1.29, 1.82) is 0 Å². The molecule has 2 aliphatic rings. The highest BCUT2D eigenvalue weighted by atomic mass is 16.3. The Morgan fingerprint density at radius 2 is 1.83 bits per heavy atom. The van der Waals surface area contributed by atoms with Crippen molar-refractivity contribution in [2.75, 3.05) is 5.32 Å². The minimum absolute atomic E-state index is 0.112. The van der Waals surface area contributed by atoms with E-state index in [9.17, 15) is 15.0 Å². The molecule has 0 aromatic heterocycles. The number of phenolic OH excluding ortho intramolecular Hbond substituents is 1. The maximum atomic E-state index is 12.2. The highest BCUT2D eigenvalue weighted by molar-refractivity contribution is 6.31. The summed E-state index contributed by atoms with van der Waals surface area (Å²) < 4.78 is 0. The van der Waals surface area contributed by atoms with Crippen LogP contribution in [0.1, 0.15) is 16.7 Å². The minimum atomic E-state index is -0.508. The standard InChI is InChI=1S/C19H17NO3/c21-14-5-6-17-15(10-14)16(19(23)20-17)8-13-7-11-3-1-2-4-12(11)9-18(13)22/h1-6,8,10,13,18,21-22H,7,9H2,(H,20,23). The SMILES string of the molecule is O=C1Nc2ccc(O)cc2C1=CC1Cc2ccccc2CC1O. The Morgan fingerprint density at radius 1 is 1.09 bits per heavy atom. The van der Waals surface area contributed by atoms with Crippen LogP contribution in [-0.2, 0) is 17.6 Å². The van der Waals surface area contributed by atoms with Gasteiger partial charge in [-0.25, -0.2) is 0 Å². The Balaban J connectivity index is 1.71. The maximum Gasteiger partial charge on any atom is 0.256 e. The first-order chi connectivity index (χ1) is 11.1. The highest BCUT2D eigenvalue weighted by Gasteiger charge is 2.30. The summed E-state index contributed by atoms with van der Waals surface area (Å²) in [6, 6.07) is 12.9. The van der Waals surface area contributed by atoms with E-state index in [0.29, 0.717) is 29.7 Å². The fraction of sp³-hybridized carbons (Fsp3) is 0.211. The molecule has 0 saturated carbocycles. The Labute approximate surface area is 134 Å². The van der Waals surface area contributed by atoms with Crippen molar-refractivity contribution < 1.29 is 15.0 Å². The van der Waals surface area contributed by atoms with Crippen LogP contribution in [0.3, 0.4) is 0 Å². The molecule has 3 N–H and O–H groups in total. The number of amides is 1. The summed E-state index contributed by atoms with van der Waals surface area (Å²) in [5.41, 5.74) is 4.31. The van der Waals surface area contributed by atoms with Gasteiger partial charge < -0.3 is 15.5 Å². The molecule has 1 amide bonds. The third-order valence-corrected chi connectivity index (χ3v) is 4.66. The minimum Gasteiger partial charge on any atom is -0.508 e. The molecule has 2 aromatic rings. The molecule has 116 valence electrons. The van der Waals surface area contributed by atoms with Gasteiger partial charge in [-0.2, -0.15) is 0 Å². The lowest BCUT2D eigenvalue weighted by molar-refractivity contribution is -0.110. The van der Waals surface area contributed by atoms with E-state index in [4.69, 9.17) is 0 Å². The smallest absolute Gasteiger partial charge is 0.256 e. The molecule has 0 bridgehead atoms. The lowest BCUT2D eigenvalue weighted by Gasteiger charge is -2.28. The van der Waals surface area contributed by atoms with Crippen LogP contribution in [0.2, 0.25) is 0 Å². The van der Waals surface area contributed by atoms with E-state index in [0.717, 1.165) is 0 Å². The van der Waals surface area contributed by atoms with Gasteiger partial charge in [0.25, 0.3) is 5.91 Å². The highest BCUT2D eigenvalue weighted by Crippen LogP contribution is 2.37.